The van der Waals surface area contributed by atoms with Crippen LogP contribution in [0, 0.1) is 11.8 Å². The Balaban J connectivity index is 3.80. The first-order valence-electron chi connectivity index (χ1n) is 6.29. The second-order valence-electron chi connectivity index (χ2n) is 4.86. The molecular weight excluding hydrogens is 168 g/mol. The van der Waals surface area contributed by atoms with Gasteiger partial charge in [-0.05, 0) is 24.7 Å². The van der Waals surface area contributed by atoms with Gasteiger partial charge in [0.2, 0.25) is 0 Å². The van der Waals surface area contributed by atoms with Crippen LogP contribution >= 0.6 is 0 Å². The Morgan fingerprint density at radius 1 is 0.929 bits per heavy atom. The zero-order chi connectivity index (χ0) is 11.0. The Morgan fingerprint density at radius 2 is 1.50 bits per heavy atom. The van der Waals surface area contributed by atoms with E-state index in [1.165, 1.54) is 32.1 Å². The van der Waals surface area contributed by atoms with E-state index in [2.05, 4.69) is 40.7 Å². The summed E-state index contributed by atoms with van der Waals surface area (Å²) in [5, 5.41) is 0. The summed E-state index contributed by atoms with van der Waals surface area (Å²) in [5.74, 6) is 1.45. The molecule has 0 saturated carbocycles. The van der Waals surface area contributed by atoms with Crippen LogP contribution in [0.5, 0.6) is 0 Å². The summed E-state index contributed by atoms with van der Waals surface area (Å²) in [4.78, 5) is 0. The Bertz CT molecular complexity index is 141. The molecule has 0 aromatic heterocycles. The van der Waals surface area contributed by atoms with Crippen molar-refractivity contribution in [3.8, 4) is 0 Å². The highest BCUT2D eigenvalue weighted by Gasteiger charge is 2.06. The van der Waals surface area contributed by atoms with Crippen LogP contribution in [-0.4, -0.2) is 0 Å². The molecule has 0 atom stereocenters. The number of hydrogen-bond donors (Lipinski definition) is 0. The first-order valence-corrected chi connectivity index (χ1v) is 6.29. The topological polar surface area (TPSA) is 0 Å². The molecule has 0 aliphatic heterocycles. The number of allylic oxidation sites excluding steroid dienone is 2. The maximum atomic E-state index is 2.48. The maximum Gasteiger partial charge on any atom is -0.0258 e. The molecule has 0 nitrogen and oxygen atoms in total. The van der Waals surface area contributed by atoms with Gasteiger partial charge < -0.3 is 0 Å². The van der Waals surface area contributed by atoms with Gasteiger partial charge >= 0.3 is 0 Å². The van der Waals surface area contributed by atoms with Crippen LogP contribution in [0.4, 0.5) is 0 Å². The minimum atomic E-state index is 0.723. The van der Waals surface area contributed by atoms with Gasteiger partial charge in [-0.15, -0.1) is 0 Å². The van der Waals surface area contributed by atoms with Gasteiger partial charge in [-0.2, -0.15) is 0 Å². The highest BCUT2D eigenvalue weighted by atomic mass is 14.1. The monoisotopic (exact) mass is 196 g/mol. The standard InChI is InChI=1S/C14H28/c1-6-7-8-9-10-11-14(12(2)3)13(4)5/h11-13H,6-10H2,1-5H3. The smallest absolute Gasteiger partial charge is 0.0258 e. The molecule has 0 spiro atoms. The Hall–Kier alpha value is -0.260. The van der Waals surface area contributed by atoms with Gasteiger partial charge in [0.15, 0.2) is 0 Å². The molecule has 0 fully saturated rings. The average Bonchev–Trinajstić information content (AvgIpc) is 2.09. The summed E-state index contributed by atoms with van der Waals surface area (Å²) in [7, 11) is 0. The third-order valence-electron chi connectivity index (χ3n) is 2.77. The molecule has 0 N–H and O–H groups in total. The molecule has 0 aromatic carbocycles. The number of hydrogen-bond acceptors (Lipinski definition) is 0. The van der Waals surface area contributed by atoms with Crippen molar-refractivity contribution in [2.75, 3.05) is 0 Å². The van der Waals surface area contributed by atoms with E-state index in [1.807, 2.05) is 0 Å². The van der Waals surface area contributed by atoms with Crippen molar-refractivity contribution in [3.63, 3.8) is 0 Å². The van der Waals surface area contributed by atoms with Crippen molar-refractivity contribution in [1.82, 2.24) is 0 Å². The van der Waals surface area contributed by atoms with Gasteiger partial charge in [0.05, 0.1) is 0 Å². The van der Waals surface area contributed by atoms with Crippen molar-refractivity contribution in [2.24, 2.45) is 11.8 Å². The van der Waals surface area contributed by atoms with Gasteiger partial charge in [-0.1, -0.05) is 65.5 Å². The molecule has 0 unspecified atom stereocenters. The van der Waals surface area contributed by atoms with E-state index in [1.54, 1.807) is 5.57 Å². The van der Waals surface area contributed by atoms with Gasteiger partial charge in [0.25, 0.3) is 0 Å². The SMILES string of the molecule is CCCCCCC=C(C(C)C)C(C)C. The van der Waals surface area contributed by atoms with Gasteiger partial charge in [-0.3, -0.25) is 0 Å². The van der Waals surface area contributed by atoms with Crippen molar-refractivity contribution >= 4 is 0 Å². The normalized spacial score (nSPS) is 11.1. The highest BCUT2D eigenvalue weighted by molar-refractivity contribution is 5.07. The van der Waals surface area contributed by atoms with Gasteiger partial charge in [-0.25, -0.2) is 0 Å². The molecule has 0 saturated heterocycles. The van der Waals surface area contributed by atoms with Crippen molar-refractivity contribution < 1.29 is 0 Å². The summed E-state index contributed by atoms with van der Waals surface area (Å²) < 4.78 is 0. The molecule has 0 aromatic rings. The van der Waals surface area contributed by atoms with Crippen molar-refractivity contribution in [1.29, 1.82) is 0 Å². The molecule has 0 rings (SSSR count). The third-order valence-corrected chi connectivity index (χ3v) is 2.77. The first-order chi connectivity index (χ1) is 6.59. The van der Waals surface area contributed by atoms with Gasteiger partial charge in [0.1, 0.15) is 0 Å². The maximum absolute atomic E-state index is 2.48. The molecule has 0 aliphatic rings. The summed E-state index contributed by atoms with van der Waals surface area (Å²) in [6.07, 6.45) is 9.27. The fourth-order valence-corrected chi connectivity index (χ4v) is 1.98. The summed E-state index contributed by atoms with van der Waals surface area (Å²) >= 11 is 0. The molecule has 0 aliphatic carbocycles. The van der Waals surface area contributed by atoms with Gasteiger partial charge in [0, 0.05) is 0 Å². The van der Waals surface area contributed by atoms with Crippen LogP contribution in [0.1, 0.15) is 66.7 Å². The van der Waals surface area contributed by atoms with Crippen molar-refractivity contribution in [2.45, 2.75) is 66.7 Å². The Labute approximate surface area is 90.8 Å². The van der Waals surface area contributed by atoms with Crippen LogP contribution in [-0.2, 0) is 0 Å². The zero-order valence-corrected chi connectivity index (χ0v) is 10.8. The molecule has 14 heavy (non-hydrogen) atoms. The average molecular weight is 196 g/mol. The lowest BCUT2D eigenvalue weighted by Crippen LogP contribution is -2.01. The predicted octanol–water partition coefficient (Wildman–Crippen LogP) is 5.20. The quantitative estimate of drug-likeness (QED) is 0.388. The third kappa shape index (κ3) is 6.23. The summed E-state index contributed by atoms with van der Waals surface area (Å²) in [5.41, 5.74) is 1.64. The minimum Gasteiger partial charge on any atom is -0.0848 e. The van der Waals surface area contributed by atoms with E-state index in [4.69, 9.17) is 0 Å². The second kappa shape index (κ2) is 8.08. The van der Waals surface area contributed by atoms with Crippen LogP contribution in [0.25, 0.3) is 0 Å². The van der Waals surface area contributed by atoms with Crippen LogP contribution < -0.4 is 0 Å². The fraction of sp³-hybridized carbons (Fsp3) is 0.857. The number of rotatable bonds is 7. The zero-order valence-electron chi connectivity index (χ0n) is 10.8. The summed E-state index contributed by atoms with van der Waals surface area (Å²) in [6, 6.07) is 0. The Kier molecular flexibility index (Phi) is 7.93. The van der Waals surface area contributed by atoms with E-state index < -0.39 is 0 Å². The minimum absolute atomic E-state index is 0.723. The molecule has 0 bridgehead atoms. The molecule has 0 heteroatoms. The first kappa shape index (κ1) is 13.7. The lowest BCUT2D eigenvalue weighted by atomic mass is 9.91. The molecule has 0 amide bonds. The van der Waals surface area contributed by atoms with Crippen LogP contribution in [0.2, 0.25) is 0 Å². The fourth-order valence-electron chi connectivity index (χ4n) is 1.98. The van der Waals surface area contributed by atoms with E-state index in [9.17, 15) is 0 Å². The molecule has 84 valence electrons. The van der Waals surface area contributed by atoms with Crippen LogP contribution in [0.15, 0.2) is 11.6 Å². The second-order valence-corrected chi connectivity index (χ2v) is 4.86. The van der Waals surface area contributed by atoms with E-state index in [-0.39, 0.29) is 0 Å². The predicted molar refractivity (Wildman–Crippen MR) is 66.5 cm³/mol. The van der Waals surface area contributed by atoms with E-state index in [0.717, 1.165) is 11.8 Å². The lowest BCUT2D eigenvalue weighted by Gasteiger charge is -2.15. The largest absolute Gasteiger partial charge is 0.0848 e. The number of unbranched alkanes of at least 4 members (excludes halogenated alkanes) is 4. The lowest BCUT2D eigenvalue weighted by molar-refractivity contribution is 0.610. The Morgan fingerprint density at radius 3 is 1.93 bits per heavy atom. The van der Waals surface area contributed by atoms with Crippen molar-refractivity contribution in [3.05, 3.63) is 11.6 Å². The highest BCUT2D eigenvalue weighted by Crippen LogP contribution is 2.20. The molecule has 0 heterocycles. The van der Waals surface area contributed by atoms with E-state index in [0.29, 0.717) is 0 Å². The molecule has 0 radical (unpaired) electrons. The van der Waals surface area contributed by atoms with E-state index >= 15 is 0 Å². The molecular formula is C14H28. The summed E-state index contributed by atoms with van der Waals surface area (Å²) in [6.45, 7) is 11.5. The van der Waals surface area contributed by atoms with Crippen LogP contribution in [0.3, 0.4) is 0 Å².